The zero-order valence-electron chi connectivity index (χ0n) is 12.0. The lowest BCUT2D eigenvalue weighted by atomic mass is 9.85. The van der Waals surface area contributed by atoms with E-state index in [1.807, 2.05) is 0 Å². The molecule has 0 spiro atoms. The zero-order valence-corrected chi connectivity index (χ0v) is 12.0. The molecule has 0 aliphatic carbocycles. The first-order valence-corrected chi connectivity index (χ1v) is 7.27. The predicted octanol–water partition coefficient (Wildman–Crippen LogP) is 1.26. The van der Waals surface area contributed by atoms with Crippen LogP contribution in [0.5, 0.6) is 0 Å². The van der Waals surface area contributed by atoms with Crippen molar-refractivity contribution in [2.45, 2.75) is 33.2 Å². The second kappa shape index (κ2) is 5.25. The van der Waals surface area contributed by atoms with Crippen LogP contribution < -0.4 is 5.32 Å². The van der Waals surface area contributed by atoms with Crippen molar-refractivity contribution in [1.82, 2.24) is 15.1 Å². The third-order valence-electron chi connectivity index (χ3n) is 5.10. The van der Waals surface area contributed by atoms with Gasteiger partial charge in [-0.05, 0) is 45.3 Å². The van der Waals surface area contributed by atoms with Crippen molar-refractivity contribution in [3.05, 3.63) is 0 Å². The molecule has 0 aromatic carbocycles. The van der Waals surface area contributed by atoms with Gasteiger partial charge < -0.3 is 10.2 Å². The molecule has 0 aromatic rings. The lowest BCUT2D eigenvalue weighted by molar-refractivity contribution is 0.122. The van der Waals surface area contributed by atoms with E-state index in [0.717, 1.165) is 11.8 Å². The Morgan fingerprint density at radius 1 is 1.24 bits per heavy atom. The Labute approximate surface area is 107 Å². The van der Waals surface area contributed by atoms with Crippen molar-refractivity contribution in [2.24, 2.45) is 11.8 Å². The highest BCUT2D eigenvalue weighted by Gasteiger charge is 2.48. The fourth-order valence-electron chi connectivity index (χ4n) is 3.69. The molecule has 2 atom stereocenters. The summed E-state index contributed by atoms with van der Waals surface area (Å²) in [4.78, 5) is 5.25. The van der Waals surface area contributed by atoms with Gasteiger partial charge in [0.1, 0.15) is 0 Å². The third kappa shape index (κ3) is 2.51. The normalized spacial score (nSPS) is 32.3. The average molecular weight is 239 g/mol. The van der Waals surface area contributed by atoms with Gasteiger partial charge in [-0.3, -0.25) is 4.90 Å². The molecule has 2 aliphatic heterocycles. The van der Waals surface area contributed by atoms with E-state index in [4.69, 9.17) is 0 Å². The lowest BCUT2D eigenvalue weighted by Gasteiger charge is -2.36. The summed E-state index contributed by atoms with van der Waals surface area (Å²) in [6, 6.07) is 0. The molecule has 1 N–H and O–H groups in total. The summed E-state index contributed by atoms with van der Waals surface area (Å²) >= 11 is 0. The van der Waals surface area contributed by atoms with Gasteiger partial charge in [0.05, 0.1) is 0 Å². The maximum Gasteiger partial charge on any atom is 0.0197 e. The molecule has 2 saturated heterocycles. The van der Waals surface area contributed by atoms with Gasteiger partial charge in [-0.1, -0.05) is 13.8 Å². The molecule has 3 nitrogen and oxygen atoms in total. The number of rotatable bonds is 5. The van der Waals surface area contributed by atoms with Gasteiger partial charge >= 0.3 is 0 Å². The smallest absolute Gasteiger partial charge is 0.0197 e. The fourth-order valence-corrected chi connectivity index (χ4v) is 3.69. The molecule has 2 fully saturated rings. The maximum absolute atomic E-state index is 3.55. The number of nitrogens with zero attached hydrogens (tertiary/aromatic N) is 2. The summed E-state index contributed by atoms with van der Waals surface area (Å²) < 4.78 is 0. The molecular weight excluding hydrogens is 210 g/mol. The quantitative estimate of drug-likeness (QED) is 0.779. The summed E-state index contributed by atoms with van der Waals surface area (Å²) in [7, 11) is 0. The Morgan fingerprint density at radius 3 is 2.53 bits per heavy atom. The number of nitrogens with one attached hydrogen (secondary N) is 1. The molecular formula is C14H29N3. The molecule has 100 valence electrons. The highest BCUT2D eigenvalue weighted by molar-refractivity contribution is 5.04. The topological polar surface area (TPSA) is 18.5 Å². The van der Waals surface area contributed by atoms with Crippen molar-refractivity contribution in [3.8, 4) is 0 Å². The van der Waals surface area contributed by atoms with Gasteiger partial charge in [0.15, 0.2) is 0 Å². The third-order valence-corrected chi connectivity index (χ3v) is 5.10. The molecule has 0 aromatic heterocycles. The van der Waals surface area contributed by atoms with Gasteiger partial charge in [0.25, 0.3) is 0 Å². The standard InChI is InChI=1S/C14H29N3/c1-5-16(6-2)7-8-17-11-12-9-15-10-13(12)14(17,3)4/h12-13,15H,5-11H2,1-4H3. The van der Waals surface area contributed by atoms with Crippen LogP contribution in [-0.2, 0) is 0 Å². The first kappa shape index (κ1) is 13.3. The molecule has 0 radical (unpaired) electrons. The summed E-state index contributed by atoms with van der Waals surface area (Å²) in [5.41, 5.74) is 0.390. The van der Waals surface area contributed by atoms with Crippen LogP contribution in [0.3, 0.4) is 0 Å². The number of hydrogen-bond acceptors (Lipinski definition) is 3. The van der Waals surface area contributed by atoms with E-state index in [0.29, 0.717) is 5.54 Å². The van der Waals surface area contributed by atoms with Gasteiger partial charge in [-0.2, -0.15) is 0 Å². The van der Waals surface area contributed by atoms with Crippen LogP contribution >= 0.6 is 0 Å². The molecule has 0 saturated carbocycles. The number of likely N-dealkylation sites (tertiary alicyclic amines) is 1. The second-order valence-corrected chi connectivity index (χ2v) is 6.15. The SMILES string of the molecule is CCN(CC)CCN1CC2CNCC2C1(C)C. The van der Waals surface area contributed by atoms with Gasteiger partial charge in [0, 0.05) is 31.7 Å². The Balaban J connectivity index is 1.89. The van der Waals surface area contributed by atoms with Crippen LogP contribution in [0, 0.1) is 11.8 Å². The number of fused-ring (bicyclic) bond motifs is 1. The van der Waals surface area contributed by atoms with Crippen molar-refractivity contribution in [2.75, 3.05) is 45.8 Å². The van der Waals surface area contributed by atoms with Crippen LogP contribution in [0.2, 0.25) is 0 Å². The minimum absolute atomic E-state index is 0.390. The van der Waals surface area contributed by atoms with Crippen molar-refractivity contribution in [3.63, 3.8) is 0 Å². The fraction of sp³-hybridized carbons (Fsp3) is 1.00. The van der Waals surface area contributed by atoms with Crippen LogP contribution in [0.4, 0.5) is 0 Å². The van der Waals surface area contributed by atoms with Crippen LogP contribution in [-0.4, -0.2) is 61.2 Å². The van der Waals surface area contributed by atoms with Crippen LogP contribution in [0.1, 0.15) is 27.7 Å². The van der Waals surface area contributed by atoms with Gasteiger partial charge in [-0.25, -0.2) is 0 Å². The second-order valence-electron chi connectivity index (χ2n) is 6.15. The molecule has 2 aliphatic rings. The molecule has 2 unspecified atom stereocenters. The van der Waals surface area contributed by atoms with Gasteiger partial charge in [0.2, 0.25) is 0 Å². The summed E-state index contributed by atoms with van der Waals surface area (Å²) in [5.74, 6) is 1.75. The maximum atomic E-state index is 3.55. The predicted molar refractivity (Wildman–Crippen MR) is 73.3 cm³/mol. The molecule has 3 heteroatoms. The Hall–Kier alpha value is -0.120. The van der Waals surface area contributed by atoms with Crippen molar-refractivity contribution < 1.29 is 0 Å². The number of hydrogen-bond donors (Lipinski definition) is 1. The van der Waals surface area contributed by atoms with E-state index in [-0.39, 0.29) is 0 Å². The first-order valence-electron chi connectivity index (χ1n) is 7.27. The van der Waals surface area contributed by atoms with Crippen molar-refractivity contribution in [1.29, 1.82) is 0 Å². The first-order chi connectivity index (χ1) is 8.09. The molecule has 17 heavy (non-hydrogen) atoms. The lowest BCUT2D eigenvalue weighted by Crippen LogP contribution is -2.47. The van der Waals surface area contributed by atoms with Crippen LogP contribution in [0.25, 0.3) is 0 Å². The van der Waals surface area contributed by atoms with Crippen molar-refractivity contribution >= 4 is 0 Å². The number of likely N-dealkylation sites (N-methyl/N-ethyl adjacent to an activating group) is 1. The summed E-state index contributed by atoms with van der Waals surface area (Å²) in [6.07, 6.45) is 0. The van der Waals surface area contributed by atoms with E-state index in [2.05, 4.69) is 42.8 Å². The Kier molecular flexibility index (Phi) is 4.11. The zero-order chi connectivity index (χ0) is 12.5. The van der Waals surface area contributed by atoms with E-state index in [1.165, 1.54) is 45.8 Å². The van der Waals surface area contributed by atoms with E-state index in [1.54, 1.807) is 0 Å². The minimum atomic E-state index is 0.390. The molecule has 2 rings (SSSR count). The molecule has 0 bridgehead atoms. The summed E-state index contributed by atoms with van der Waals surface area (Å²) in [6.45, 7) is 18.0. The van der Waals surface area contributed by atoms with Gasteiger partial charge in [-0.15, -0.1) is 0 Å². The minimum Gasteiger partial charge on any atom is -0.316 e. The van der Waals surface area contributed by atoms with E-state index >= 15 is 0 Å². The average Bonchev–Trinajstić information content (AvgIpc) is 2.84. The highest BCUT2D eigenvalue weighted by Crippen LogP contribution is 2.40. The largest absolute Gasteiger partial charge is 0.316 e. The Morgan fingerprint density at radius 2 is 1.94 bits per heavy atom. The Bertz CT molecular complexity index is 248. The highest BCUT2D eigenvalue weighted by atomic mass is 15.3. The van der Waals surface area contributed by atoms with E-state index in [9.17, 15) is 0 Å². The molecule has 2 heterocycles. The van der Waals surface area contributed by atoms with E-state index < -0.39 is 0 Å². The monoisotopic (exact) mass is 239 g/mol. The van der Waals surface area contributed by atoms with Crippen LogP contribution in [0.15, 0.2) is 0 Å². The summed E-state index contributed by atoms with van der Waals surface area (Å²) in [5, 5.41) is 3.55. The molecule has 0 amide bonds.